The average Bonchev–Trinajstić information content (AvgIpc) is 3.28. The SMILES string of the molecule is CCNC(=NCc1ccnc(OC2CCCC2)c1)NCC1CC(=O)Nc2ccccc21. The first-order valence-corrected chi connectivity index (χ1v) is 11.2. The van der Waals surface area contributed by atoms with Crippen LogP contribution in [0.15, 0.2) is 47.6 Å². The van der Waals surface area contributed by atoms with Gasteiger partial charge in [-0.05, 0) is 55.9 Å². The minimum Gasteiger partial charge on any atom is -0.474 e. The van der Waals surface area contributed by atoms with Gasteiger partial charge < -0.3 is 20.7 Å². The lowest BCUT2D eigenvalue weighted by molar-refractivity contribution is -0.116. The molecule has 1 amide bonds. The molecule has 0 spiro atoms. The molecule has 1 aliphatic carbocycles. The maximum absolute atomic E-state index is 12.1. The number of carbonyl (C=O) groups is 1. The number of carbonyl (C=O) groups excluding carboxylic acids is 1. The number of amides is 1. The number of guanidine groups is 1. The number of ether oxygens (including phenoxy) is 1. The van der Waals surface area contributed by atoms with Gasteiger partial charge in [0.05, 0.1) is 6.54 Å². The highest BCUT2D eigenvalue weighted by Crippen LogP contribution is 2.31. The molecule has 7 nitrogen and oxygen atoms in total. The van der Waals surface area contributed by atoms with Gasteiger partial charge in [-0.1, -0.05) is 18.2 Å². The molecule has 2 aromatic rings. The van der Waals surface area contributed by atoms with Crippen molar-refractivity contribution in [1.82, 2.24) is 15.6 Å². The van der Waals surface area contributed by atoms with Crippen molar-refractivity contribution in [2.24, 2.45) is 4.99 Å². The number of hydrogen-bond donors (Lipinski definition) is 3. The van der Waals surface area contributed by atoms with Gasteiger partial charge in [0.25, 0.3) is 0 Å². The third-order valence-electron chi connectivity index (χ3n) is 5.78. The van der Waals surface area contributed by atoms with E-state index in [9.17, 15) is 4.79 Å². The zero-order valence-electron chi connectivity index (χ0n) is 18.1. The molecule has 1 saturated carbocycles. The van der Waals surface area contributed by atoms with Crippen molar-refractivity contribution in [2.75, 3.05) is 18.4 Å². The lowest BCUT2D eigenvalue weighted by Crippen LogP contribution is -2.40. The summed E-state index contributed by atoms with van der Waals surface area (Å²) in [6.45, 7) is 3.98. The molecule has 0 saturated heterocycles. The smallest absolute Gasteiger partial charge is 0.225 e. The summed E-state index contributed by atoms with van der Waals surface area (Å²) in [6.07, 6.45) is 7.24. The Bertz CT molecular complexity index is 924. The normalized spacial score (nSPS) is 18.9. The van der Waals surface area contributed by atoms with Gasteiger partial charge in [0.15, 0.2) is 5.96 Å². The zero-order chi connectivity index (χ0) is 21.5. The van der Waals surface area contributed by atoms with Crippen LogP contribution in [0, 0.1) is 0 Å². The van der Waals surface area contributed by atoms with Crippen LogP contribution in [-0.2, 0) is 11.3 Å². The van der Waals surface area contributed by atoms with E-state index in [2.05, 4.69) is 27.0 Å². The number of nitrogens with zero attached hydrogens (tertiary/aromatic N) is 2. The molecule has 1 aromatic carbocycles. The number of aromatic nitrogens is 1. The number of benzene rings is 1. The Balaban J connectivity index is 1.38. The molecule has 1 unspecified atom stereocenters. The monoisotopic (exact) mass is 421 g/mol. The van der Waals surface area contributed by atoms with E-state index < -0.39 is 0 Å². The summed E-state index contributed by atoms with van der Waals surface area (Å²) >= 11 is 0. The number of hydrogen-bond acceptors (Lipinski definition) is 4. The van der Waals surface area contributed by atoms with Crippen molar-refractivity contribution in [1.29, 1.82) is 0 Å². The Kier molecular flexibility index (Phi) is 7.02. The molecule has 7 heteroatoms. The first kappa shape index (κ1) is 21.2. The van der Waals surface area contributed by atoms with Gasteiger partial charge in [-0.3, -0.25) is 4.79 Å². The van der Waals surface area contributed by atoms with E-state index in [4.69, 9.17) is 9.73 Å². The lowest BCUT2D eigenvalue weighted by Gasteiger charge is -2.26. The van der Waals surface area contributed by atoms with Gasteiger partial charge in [-0.2, -0.15) is 0 Å². The van der Waals surface area contributed by atoms with Crippen LogP contribution in [0.2, 0.25) is 0 Å². The van der Waals surface area contributed by atoms with E-state index in [1.807, 2.05) is 37.3 Å². The topological polar surface area (TPSA) is 87.6 Å². The summed E-state index contributed by atoms with van der Waals surface area (Å²) < 4.78 is 6.01. The maximum atomic E-state index is 12.1. The number of anilines is 1. The van der Waals surface area contributed by atoms with Gasteiger partial charge in [0.1, 0.15) is 6.10 Å². The van der Waals surface area contributed by atoms with Crippen molar-refractivity contribution < 1.29 is 9.53 Å². The fourth-order valence-corrected chi connectivity index (χ4v) is 4.21. The standard InChI is InChI=1S/C24H31N5O2/c1-2-25-24(28-16-18-14-22(30)29-21-10-6-5-9-20(18)21)27-15-17-11-12-26-23(13-17)31-19-7-3-4-8-19/h5-6,9-13,18-19H,2-4,7-8,14-16H2,1H3,(H,29,30)(H2,25,27,28). The molecule has 2 heterocycles. The predicted octanol–water partition coefficient (Wildman–Crippen LogP) is 3.58. The number of aliphatic imine (C=N–C) groups is 1. The minimum atomic E-state index is 0.0546. The summed E-state index contributed by atoms with van der Waals surface area (Å²) in [7, 11) is 0. The molecule has 1 aromatic heterocycles. The number of pyridine rings is 1. The van der Waals surface area contributed by atoms with E-state index >= 15 is 0 Å². The quantitative estimate of drug-likeness (QED) is 0.470. The van der Waals surface area contributed by atoms with Crippen LogP contribution in [0.4, 0.5) is 5.69 Å². The molecule has 0 radical (unpaired) electrons. The van der Waals surface area contributed by atoms with Crippen LogP contribution >= 0.6 is 0 Å². The van der Waals surface area contributed by atoms with Crippen molar-refractivity contribution in [3.63, 3.8) is 0 Å². The molecule has 4 rings (SSSR count). The van der Waals surface area contributed by atoms with Crippen molar-refractivity contribution in [3.8, 4) is 5.88 Å². The van der Waals surface area contributed by atoms with E-state index in [0.717, 1.165) is 42.2 Å². The second kappa shape index (κ2) is 10.3. The van der Waals surface area contributed by atoms with Gasteiger partial charge in [-0.25, -0.2) is 9.98 Å². The summed E-state index contributed by atoms with van der Waals surface area (Å²) in [5.41, 5.74) is 3.12. The molecule has 0 bridgehead atoms. The van der Waals surface area contributed by atoms with Crippen molar-refractivity contribution >= 4 is 17.6 Å². The molecular weight excluding hydrogens is 390 g/mol. The first-order chi connectivity index (χ1) is 15.2. The number of para-hydroxylation sites is 1. The molecule has 1 fully saturated rings. The Hall–Kier alpha value is -3.09. The van der Waals surface area contributed by atoms with E-state index in [1.54, 1.807) is 6.20 Å². The molecule has 2 aliphatic rings. The van der Waals surface area contributed by atoms with Gasteiger partial charge in [0, 0.05) is 43.4 Å². The van der Waals surface area contributed by atoms with Crippen LogP contribution in [-0.4, -0.2) is 36.0 Å². The molecule has 1 aliphatic heterocycles. The molecule has 1 atom stereocenters. The fourth-order valence-electron chi connectivity index (χ4n) is 4.21. The summed E-state index contributed by atoms with van der Waals surface area (Å²) in [5, 5.41) is 9.65. The lowest BCUT2D eigenvalue weighted by atomic mass is 9.90. The third kappa shape index (κ3) is 5.75. The van der Waals surface area contributed by atoms with Crippen LogP contribution in [0.1, 0.15) is 56.1 Å². The maximum Gasteiger partial charge on any atom is 0.225 e. The fraction of sp³-hybridized carbons (Fsp3) is 0.458. The largest absolute Gasteiger partial charge is 0.474 e. The molecule has 3 N–H and O–H groups in total. The highest BCUT2D eigenvalue weighted by atomic mass is 16.5. The molecular formula is C24H31N5O2. The van der Waals surface area contributed by atoms with Gasteiger partial charge in [0.2, 0.25) is 11.8 Å². The van der Waals surface area contributed by atoms with E-state index in [0.29, 0.717) is 31.5 Å². The Morgan fingerprint density at radius 1 is 1.23 bits per heavy atom. The second-order valence-electron chi connectivity index (χ2n) is 8.14. The Morgan fingerprint density at radius 3 is 2.90 bits per heavy atom. The van der Waals surface area contributed by atoms with Crippen LogP contribution < -0.4 is 20.7 Å². The Labute approximate surface area is 183 Å². The predicted molar refractivity (Wildman–Crippen MR) is 122 cm³/mol. The van der Waals surface area contributed by atoms with Crippen LogP contribution in [0.25, 0.3) is 0 Å². The third-order valence-corrected chi connectivity index (χ3v) is 5.78. The van der Waals surface area contributed by atoms with E-state index in [1.165, 1.54) is 12.8 Å². The highest BCUT2D eigenvalue weighted by molar-refractivity contribution is 5.94. The van der Waals surface area contributed by atoms with Crippen molar-refractivity contribution in [3.05, 3.63) is 53.7 Å². The van der Waals surface area contributed by atoms with Gasteiger partial charge in [-0.15, -0.1) is 0 Å². The van der Waals surface area contributed by atoms with Crippen molar-refractivity contribution in [2.45, 2.75) is 57.6 Å². The molecule has 164 valence electrons. The number of fused-ring (bicyclic) bond motifs is 1. The van der Waals surface area contributed by atoms with Crippen LogP contribution in [0.5, 0.6) is 5.88 Å². The van der Waals surface area contributed by atoms with Gasteiger partial charge >= 0.3 is 0 Å². The molecule has 31 heavy (non-hydrogen) atoms. The minimum absolute atomic E-state index is 0.0546. The van der Waals surface area contributed by atoms with Crippen LogP contribution in [0.3, 0.4) is 0 Å². The number of rotatable bonds is 7. The summed E-state index contributed by atoms with van der Waals surface area (Å²) in [4.78, 5) is 21.1. The summed E-state index contributed by atoms with van der Waals surface area (Å²) in [5.74, 6) is 1.59. The number of nitrogens with one attached hydrogen (secondary N) is 3. The van der Waals surface area contributed by atoms with E-state index in [-0.39, 0.29) is 11.8 Å². The highest BCUT2D eigenvalue weighted by Gasteiger charge is 2.24. The first-order valence-electron chi connectivity index (χ1n) is 11.2. The zero-order valence-corrected chi connectivity index (χ0v) is 18.1. The summed E-state index contributed by atoms with van der Waals surface area (Å²) in [6, 6.07) is 11.9. The second-order valence-corrected chi connectivity index (χ2v) is 8.14. The Morgan fingerprint density at radius 2 is 2.06 bits per heavy atom. The average molecular weight is 422 g/mol.